The first-order valence-corrected chi connectivity index (χ1v) is 11.5. The molecular weight excluding hydrogens is 466 g/mol. The first-order chi connectivity index (χ1) is 16.7. The van der Waals surface area contributed by atoms with Crippen LogP contribution in [-0.2, 0) is 4.79 Å². The summed E-state index contributed by atoms with van der Waals surface area (Å²) in [5.74, 6) is -1.71. The van der Waals surface area contributed by atoms with Gasteiger partial charge in [-0.05, 0) is 49.4 Å². The van der Waals surface area contributed by atoms with Crippen LogP contribution in [0.15, 0.2) is 42.5 Å². The number of aliphatic hydroxyl groups excluding tert-OH is 1. The molecule has 1 unspecified atom stereocenters. The molecule has 0 bridgehead atoms. The van der Waals surface area contributed by atoms with Gasteiger partial charge in [-0.2, -0.15) is 0 Å². The Balaban J connectivity index is 2.62. The predicted molar refractivity (Wildman–Crippen MR) is 135 cm³/mol. The summed E-state index contributed by atoms with van der Waals surface area (Å²) in [6.45, 7) is 9.15. The van der Waals surface area contributed by atoms with Crippen molar-refractivity contribution in [2.45, 2.75) is 52.6 Å². The average Bonchev–Trinajstić information content (AvgIpc) is 2.76. The number of benzene rings is 2. The van der Waals surface area contributed by atoms with Crippen LogP contribution in [0.2, 0.25) is 0 Å². The molecule has 2 aromatic rings. The Labute approximate surface area is 211 Å². The number of carbonyl (C=O) groups is 2. The zero-order valence-corrected chi connectivity index (χ0v) is 21.6. The largest absolute Gasteiger partial charge is 0.502 e. The number of para-hydroxylation sites is 1. The maximum Gasteiger partial charge on any atom is 0.311 e. The second-order valence-corrected chi connectivity index (χ2v) is 10.4. The summed E-state index contributed by atoms with van der Waals surface area (Å²) in [6, 6.07) is 8.96. The van der Waals surface area contributed by atoms with Gasteiger partial charge < -0.3 is 25.2 Å². The second-order valence-electron chi connectivity index (χ2n) is 10.4. The van der Waals surface area contributed by atoms with E-state index in [0.717, 1.165) is 11.0 Å². The normalized spacial score (nSPS) is 12.5. The molecule has 2 rings (SSSR count). The first-order valence-electron chi connectivity index (χ1n) is 11.5. The maximum atomic E-state index is 13.8. The Morgan fingerprint density at radius 1 is 1.14 bits per heavy atom. The van der Waals surface area contributed by atoms with Crippen LogP contribution in [-0.4, -0.2) is 57.7 Å². The number of methoxy groups -OCH3 is 1. The van der Waals surface area contributed by atoms with E-state index in [9.17, 15) is 29.9 Å². The maximum absolute atomic E-state index is 13.8. The van der Waals surface area contributed by atoms with Crippen molar-refractivity contribution in [1.82, 2.24) is 10.2 Å². The van der Waals surface area contributed by atoms with Crippen molar-refractivity contribution < 1.29 is 29.5 Å². The van der Waals surface area contributed by atoms with Crippen LogP contribution in [0, 0.1) is 15.5 Å². The van der Waals surface area contributed by atoms with Gasteiger partial charge in [0, 0.05) is 18.2 Å². The lowest BCUT2D eigenvalue weighted by atomic mass is 9.81. The van der Waals surface area contributed by atoms with Crippen LogP contribution in [0.3, 0.4) is 0 Å². The first kappa shape index (κ1) is 28.6. The van der Waals surface area contributed by atoms with Crippen molar-refractivity contribution in [2.24, 2.45) is 5.41 Å². The smallest absolute Gasteiger partial charge is 0.311 e. The van der Waals surface area contributed by atoms with Crippen LogP contribution >= 0.6 is 0 Å². The van der Waals surface area contributed by atoms with Gasteiger partial charge in [0.05, 0.1) is 24.2 Å². The lowest BCUT2D eigenvalue weighted by molar-refractivity contribution is -0.385. The van der Waals surface area contributed by atoms with Gasteiger partial charge in [0.15, 0.2) is 0 Å². The fraction of sp³-hybridized carbons (Fsp3) is 0.462. The van der Waals surface area contributed by atoms with Crippen molar-refractivity contribution in [3.63, 3.8) is 0 Å². The SMILES string of the molecule is COc1cccc(C(C(=O)NC(C)(C)CC(C)(C)C)N(CCO)C(=O)c2cccc([N+](=O)[O-])c2O)c1. The van der Waals surface area contributed by atoms with Crippen LogP contribution in [0.1, 0.15) is 63.0 Å². The van der Waals surface area contributed by atoms with Crippen LogP contribution < -0.4 is 10.1 Å². The third kappa shape index (κ3) is 7.17. The summed E-state index contributed by atoms with van der Waals surface area (Å²) in [4.78, 5) is 39.0. The molecule has 0 radical (unpaired) electrons. The molecule has 196 valence electrons. The predicted octanol–water partition coefficient (Wildman–Crippen LogP) is 3.82. The number of nitro benzene ring substituents is 1. The number of aromatic hydroxyl groups is 1. The number of phenolic OH excluding ortho intramolecular Hbond substituents is 1. The fourth-order valence-corrected chi connectivity index (χ4v) is 4.52. The van der Waals surface area contributed by atoms with E-state index in [-0.39, 0.29) is 17.5 Å². The van der Waals surface area contributed by atoms with Crippen molar-refractivity contribution >= 4 is 17.5 Å². The van der Waals surface area contributed by atoms with Gasteiger partial charge in [0.2, 0.25) is 11.7 Å². The minimum Gasteiger partial charge on any atom is -0.502 e. The van der Waals surface area contributed by atoms with E-state index in [1.807, 2.05) is 34.6 Å². The van der Waals surface area contributed by atoms with E-state index < -0.39 is 46.4 Å². The summed E-state index contributed by atoms with van der Waals surface area (Å²) < 4.78 is 5.30. The minimum absolute atomic E-state index is 0.0996. The summed E-state index contributed by atoms with van der Waals surface area (Å²) in [5, 5.41) is 34.6. The molecule has 0 fully saturated rings. The second kappa shape index (κ2) is 11.4. The molecule has 0 aromatic heterocycles. The average molecular weight is 502 g/mol. The number of rotatable bonds is 10. The number of nitrogens with zero attached hydrogens (tertiary/aromatic N) is 2. The molecule has 36 heavy (non-hydrogen) atoms. The number of carbonyl (C=O) groups excluding carboxylic acids is 2. The fourth-order valence-electron chi connectivity index (χ4n) is 4.52. The third-order valence-electron chi connectivity index (χ3n) is 5.45. The zero-order valence-electron chi connectivity index (χ0n) is 21.6. The molecule has 1 atom stereocenters. The van der Waals surface area contributed by atoms with E-state index >= 15 is 0 Å². The molecule has 0 spiro atoms. The highest BCUT2D eigenvalue weighted by Crippen LogP contribution is 2.34. The van der Waals surface area contributed by atoms with Gasteiger partial charge in [-0.3, -0.25) is 19.7 Å². The molecule has 10 nitrogen and oxygen atoms in total. The molecule has 0 aliphatic rings. The lowest BCUT2D eigenvalue weighted by Crippen LogP contribution is -2.52. The highest BCUT2D eigenvalue weighted by molar-refractivity contribution is 6.01. The quantitative estimate of drug-likeness (QED) is 0.332. The van der Waals surface area contributed by atoms with Crippen LogP contribution in [0.25, 0.3) is 0 Å². The molecule has 0 heterocycles. The number of phenols is 1. The van der Waals surface area contributed by atoms with Gasteiger partial charge >= 0.3 is 5.69 Å². The number of aliphatic hydroxyl groups is 1. The van der Waals surface area contributed by atoms with Gasteiger partial charge in [0.25, 0.3) is 5.91 Å². The number of ether oxygens (including phenoxy) is 1. The van der Waals surface area contributed by atoms with Crippen molar-refractivity contribution in [3.8, 4) is 11.5 Å². The van der Waals surface area contributed by atoms with Crippen molar-refractivity contribution in [2.75, 3.05) is 20.3 Å². The van der Waals surface area contributed by atoms with E-state index in [0.29, 0.717) is 17.7 Å². The van der Waals surface area contributed by atoms with Crippen molar-refractivity contribution in [3.05, 3.63) is 63.7 Å². The molecular formula is C26H35N3O7. The standard InChI is InChI=1S/C26H35N3O7/c1-25(2,3)16-26(4,5)27-23(32)21(17-9-7-10-18(15-17)36-6)28(13-14-30)24(33)19-11-8-12-20(22(19)31)29(34)35/h7-12,15,21,30-31H,13-14,16H2,1-6H3,(H,27,32). The van der Waals surface area contributed by atoms with Gasteiger partial charge in [-0.25, -0.2) is 0 Å². The van der Waals surface area contributed by atoms with E-state index in [2.05, 4.69) is 5.32 Å². The van der Waals surface area contributed by atoms with Gasteiger partial charge in [-0.1, -0.05) is 39.0 Å². The molecule has 0 saturated heterocycles. The summed E-state index contributed by atoms with van der Waals surface area (Å²) in [6.07, 6.45) is 0.635. The van der Waals surface area contributed by atoms with E-state index in [1.54, 1.807) is 24.3 Å². The Morgan fingerprint density at radius 2 is 1.78 bits per heavy atom. The third-order valence-corrected chi connectivity index (χ3v) is 5.45. The van der Waals surface area contributed by atoms with Crippen molar-refractivity contribution in [1.29, 1.82) is 0 Å². The van der Waals surface area contributed by atoms with Gasteiger partial charge in [-0.15, -0.1) is 0 Å². The number of nitrogens with one attached hydrogen (secondary N) is 1. The van der Waals surface area contributed by atoms with E-state index in [4.69, 9.17) is 4.74 Å². The number of hydrogen-bond acceptors (Lipinski definition) is 7. The molecule has 0 saturated carbocycles. The van der Waals surface area contributed by atoms with Crippen LogP contribution in [0.4, 0.5) is 5.69 Å². The highest BCUT2D eigenvalue weighted by atomic mass is 16.6. The summed E-state index contributed by atoms with van der Waals surface area (Å²) >= 11 is 0. The Kier molecular flexibility index (Phi) is 9.04. The lowest BCUT2D eigenvalue weighted by Gasteiger charge is -2.37. The summed E-state index contributed by atoms with van der Waals surface area (Å²) in [5.41, 5.74) is -1.33. The molecule has 0 aliphatic heterocycles. The Morgan fingerprint density at radius 3 is 2.33 bits per heavy atom. The molecule has 2 amide bonds. The Hall–Kier alpha value is -3.66. The number of nitro groups is 1. The molecule has 0 aliphatic carbocycles. The highest BCUT2D eigenvalue weighted by Gasteiger charge is 2.37. The minimum atomic E-state index is -1.22. The molecule has 10 heteroatoms. The molecule has 3 N–H and O–H groups in total. The zero-order chi connectivity index (χ0) is 27.3. The Bertz CT molecular complexity index is 1110. The summed E-state index contributed by atoms with van der Waals surface area (Å²) in [7, 11) is 1.47. The van der Waals surface area contributed by atoms with E-state index in [1.165, 1.54) is 19.2 Å². The monoisotopic (exact) mass is 501 g/mol. The van der Waals surface area contributed by atoms with Crippen LogP contribution in [0.5, 0.6) is 11.5 Å². The topological polar surface area (TPSA) is 142 Å². The molecule has 2 aromatic carbocycles. The number of hydrogen-bond donors (Lipinski definition) is 3. The number of amides is 2. The van der Waals surface area contributed by atoms with Gasteiger partial charge in [0.1, 0.15) is 11.8 Å².